The Morgan fingerprint density at radius 1 is 1.33 bits per heavy atom. The number of amides is 2. The first-order valence-corrected chi connectivity index (χ1v) is 8.36. The van der Waals surface area contributed by atoms with Gasteiger partial charge in [0.2, 0.25) is 0 Å². The number of nitrogens with one attached hydrogen (secondary N) is 2. The molecule has 0 saturated carbocycles. The van der Waals surface area contributed by atoms with E-state index in [-0.39, 0.29) is 12.1 Å². The van der Waals surface area contributed by atoms with Gasteiger partial charge in [0, 0.05) is 18.7 Å². The first-order chi connectivity index (χ1) is 11.6. The average molecular weight is 332 g/mol. The third kappa shape index (κ3) is 3.79. The van der Waals surface area contributed by atoms with Gasteiger partial charge in [0.25, 0.3) is 0 Å². The molecule has 7 heteroatoms. The second-order valence-electron chi connectivity index (χ2n) is 6.14. The monoisotopic (exact) mass is 332 g/mol. The maximum absolute atomic E-state index is 12.1. The van der Waals surface area contributed by atoms with Gasteiger partial charge < -0.3 is 19.6 Å². The summed E-state index contributed by atoms with van der Waals surface area (Å²) in [4.78, 5) is 14.5. The zero-order chi connectivity index (χ0) is 16.9. The van der Waals surface area contributed by atoms with E-state index in [0.29, 0.717) is 13.1 Å². The molecule has 130 valence electrons. The van der Waals surface area contributed by atoms with Crippen LogP contribution in [0.25, 0.3) is 0 Å². The number of aromatic nitrogens is 1. The SMILES string of the molecule is Cc1noc(C)c1CNC(=O)NCC(c1ccco1)N1CCCC1. The molecule has 7 nitrogen and oxygen atoms in total. The molecule has 1 atom stereocenters. The molecule has 3 rings (SSSR count). The second kappa shape index (κ2) is 7.53. The second-order valence-corrected chi connectivity index (χ2v) is 6.14. The number of carbonyl (C=O) groups is 1. The van der Waals surface area contributed by atoms with E-state index in [1.165, 1.54) is 12.8 Å². The van der Waals surface area contributed by atoms with Gasteiger partial charge in [0.1, 0.15) is 11.5 Å². The minimum atomic E-state index is -0.203. The van der Waals surface area contributed by atoms with Gasteiger partial charge in [-0.05, 0) is 51.9 Å². The summed E-state index contributed by atoms with van der Waals surface area (Å²) in [7, 11) is 0. The predicted octanol–water partition coefficient (Wildman–Crippen LogP) is 2.52. The number of furan rings is 1. The zero-order valence-corrected chi connectivity index (χ0v) is 14.2. The summed E-state index contributed by atoms with van der Waals surface area (Å²) in [5.41, 5.74) is 1.73. The fourth-order valence-corrected chi connectivity index (χ4v) is 3.12. The van der Waals surface area contributed by atoms with Crippen molar-refractivity contribution in [3.05, 3.63) is 41.2 Å². The van der Waals surface area contributed by atoms with Crippen molar-refractivity contribution in [1.82, 2.24) is 20.7 Å². The smallest absolute Gasteiger partial charge is 0.315 e. The van der Waals surface area contributed by atoms with E-state index >= 15 is 0 Å². The molecule has 3 heterocycles. The molecule has 1 fully saturated rings. The topological polar surface area (TPSA) is 83.5 Å². The van der Waals surface area contributed by atoms with Gasteiger partial charge in [-0.25, -0.2) is 4.79 Å². The van der Waals surface area contributed by atoms with Gasteiger partial charge >= 0.3 is 6.03 Å². The van der Waals surface area contributed by atoms with E-state index < -0.39 is 0 Å². The minimum Gasteiger partial charge on any atom is -0.468 e. The van der Waals surface area contributed by atoms with Crippen molar-refractivity contribution in [2.45, 2.75) is 39.3 Å². The molecule has 24 heavy (non-hydrogen) atoms. The molecule has 0 spiro atoms. The Hall–Kier alpha value is -2.28. The third-order valence-corrected chi connectivity index (χ3v) is 4.52. The number of carbonyl (C=O) groups excluding carboxylic acids is 1. The zero-order valence-electron chi connectivity index (χ0n) is 14.2. The molecule has 2 amide bonds. The Morgan fingerprint density at radius 3 is 2.75 bits per heavy atom. The number of urea groups is 1. The molecule has 1 aliphatic heterocycles. The lowest BCUT2D eigenvalue weighted by atomic mass is 10.2. The molecule has 1 aliphatic rings. The molecule has 0 bridgehead atoms. The van der Waals surface area contributed by atoms with E-state index in [1.807, 2.05) is 26.0 Å². The standard InChI is InChI=1S/C17H24N4O3/c1-12-14(13(2)24-20-12)10-18-17(22)19-11-15(16-6-5-9-23-16)21-7-3-4-8-21/h5-6,9,15H,3-4,7-8,10-11H2,1-2H3,(H2,18,19,22). The van der Waals surface area contributed by atoms with E-state index in [4.69, 9.17) is 8.94 Å². The minimum absolute atomic E-state index is 0.0762. The number of rotatable bonds is 6. The molecule has 2 aromatic heterocycles. The largest absolute Gasteiger partial charge is 0.468 e. The van der Waals surface area contributed by atoms with Gasteiger partial charge in [0.15, 0.2) is 0 Å². The first kappa shape index (κ1) is 16.6. The highest BCUT2D eigenvalue weighted by Crippen LogP contribution is 2.24. The summed E-state index contributed by atoms with van der Waals surface area (Å²) in [6.07, 6.45) is 4.06. The van der Waals surface area contributed by atoms with Crippen molar-refractivity contribution in [2.24, 2.45) is 0 Å². The quantitative estimate of drug-likeness (QED) is 0.849. The van der Waals surface area contributed by atoms with Crippen LogP contribution < -0.4 is 10.6 Å². The predicted molar refractivity (Wildman–Crippen MR) is 88.5 cm³/mol. The molecular formula is C17H24N4O3. The molecule has 0 aliphatic carbocycles. The van der Waals surface area contributed by atoms with Crippen LogP contribution in [0.3, 0.4) is 0 Å². The van der Waals surface area contributed by atoms with Gasteiger partial charge in [-0.15, -0.1) is 0 Å². The summed E-state index contributed by atoms with van der Waals surface area (Å²) < 4.78 is 10.7. The Bertz CT molecular complexity index is 640. The summed E-state index contributed by atoms with van der Waals surface area (Å²) >= 11 is 0. The van der Waals surface area contributed by atoms with E-state index in [2.05, 4.69) is 20.7 Å². The van der Waals surface area contributed by atoms with Crippen molar-refractivity contribution >= 4 is 6.03 Å². The summed E-state index contributed by atoms with van der Waals surface area (Å²) in [6.45, 7) is 6.70. The van der Waals surface area contributed by atoms with Crippen LogP contribution in [-0.2, 0) is 6.54 Å². The van der Waals surface area contributed by atoms with Crippen molar-refractivity contribution in [3.63, 3.8) is 0 Å². The average Bonchev–Trinajstić information content (AvgIpc) is 3.31. The number of likely N-dealkylation sites (tertiary alicyclic amines) is 1. The van der Waals surface area contributed by atoms with Crippen LogP contribution in [0, 0.1) is 13.8 Å². The van der Waals surface area contributed by atoms with E-state index in [1.54, 1.807) is 6.26 Å². The van der Waals surface area contributed by atoms with Crippen molar-refractivity contribution in [3.8, 4) is 0 Å². The van der Waals surface area contributed by atoms with Crippen LogP contribution in [-0.4, -0.2) is 35.7 Å². The van der Waals surface area contributed by atoms with Crippen LogP contribution in [0.2, 0.25) is 0 Å². The molecular weight excluding hydrogens is 308 g/mol. The highest BCUT2D eigenvalue weighted by molar-refractivity contribution is 5.73. The lowest BCUT2D eigenvalue weighted by Gasteiger charge is -2.26. The van der Waals surface area contributed by atoms with Crippen LogP contribution in [0.15, 0.2) is 27.3 Å². The summed E-state index contributed by atoms with van der Waals surface area (Å²) in [5, 5.41) is 9.69. The normalized spacial score (nSPS) is 16.2. The Labute approximate surface area is 141 Å². The molecule has 1 saturated heterocycles. The highest BCUT2D eigenvalue weighted by Gasteiger charge is 2.25. The first-order valence-electron chi connectivity index (χ1n) is 8.36. The fraction of sp³-hybridized carbons (Fsp3) is 0.529. The lowest BCUT2D eigenvalue weighted by Crippen LogP contribution is -2.41. The van der Waals surface area contributed by atoms with Crippen molar-refractivity contribution < 1.29 is 13.7 Å². The number of aryl methyl sites for hydroxylation is 2. The van der Waals surface area contributed by atoms with E-state index in [0.717, 1.165) is 35.9 Å². The van der Waals surface area contributed by atoms with Crippen LogP contribution in [0.5, 0.6) is 0 Å². The molecule has 0 radical (unpaired) electrons. The number of hydrogen-bond donors (Lipinski definition) is 2. The molecule has 2 N–H and O–H groups in total. The van der Waals surface area contributed by atoms with Gasteiger partial charge in [-0.2, -0.15) is 0 Å². The number of nitrogens with zero attached hydrogens (tertiary/aromatic N) is 2. The maximum Gasteiger partial charge on any atom is 0.315 e. The third-order valence-electron chi connectivity index (χ3n) is 4.52. The van der Waals surface area contributed by atoms with Gasteiger partial charge in [0.05, 0.1) is 18.0 Å². The lowest BCUT2D eigenvalue weighted by molar-refractivity contribution is 0.203. The van der Waals surface area contributed by atoms with Crippen LogP contribution >= 0.6 is 0 Å². The Morgan fingerprint density at radius 2 is 2.12 bits per heavy atom. The highest BCUT2D eigenvalue weighted by atomic mass is 16.5. The molecule has 2 aromatic rings. The summed E-state index contributed by atoms with van der Waals surface area (Å²) in [5.74, 6) is 1.63. The Kier molecular flexibility index (Phi) is 5.20. The van der Waals surface area contributed by atoms with Crippen molar-refractivity contribution in [1.29, 1.82) is 0 Å². The van der Waals surface area contributed by atoms with Gasteiger partial charge in [-0.1, -0.05) is 5.16 Å². The Balaban J connectivity index is 1.53. The maximum atomic E-state index is 12.1. The van der Waals surface area contributed by atoms with Crippen LogP contribution in [0.1, 0.15) is 41.7 Å². The van der Waals surface area contributed by atoms with Crippen molar-refractivity contribution in [2.75, 3.05) is 19.6 Å². The molecule has 1 unspecified atom stereocenters. The molecule has 0 aromatic carbocycles. The van der Waals surface area contributed by atoms with Crippen LogP contribution in [0.4, 0.5) is 4.79 Å². The summed E-state index contributed by atoms with van der Waals surface area (Å²) in [6, 6.07) is 3.72. The van der Waals surface area contributed by atoms with Gasteiger partial charge in [-0.3, -0.25) is 4.90 Å². The van der Waals surface area contributed by atoms with E-state index in [9.17, 15) is 4.79 Å². The fourth-order valence-electron chi connectivity index (χ4n) is 3.12. The number of hydrogen-bond acceptors (Lipinski definition) is 5.